The van der Waals surface area contributed by atoms with Crippen LogP contribution in [0, 0.1) is 12.7 Å². The summed E-state index contributed by atoms with van der Waals surface area (Å²) in [5.41, 5.74) is 1.24. The third kappa shape index (κ3) is 4.16. The summed E-state index contributed by atoms with van der Waals surface area (Å²) in [7, 11) is 1.72. The topological polar surface area (TPSA) is 82.5 Å². The summed E-state index contributed by atoms with van der Waals surface area (Å²) in [6.07, 6.45) is -1.06. The lowest BCUT2D eigenvalue weighted by atomic mass is 9.93. The van der Waals surface area contributed by atoms with Crippen molar-refractivity contribution in [2.75, 3.05) is 35.7 Å². The van der Waals surface area contributed by atoms with E-state index in [4.69, 9.17) is 0 Å². The zero-order valence-electron chi connectivity index (χ0n) is 19.2. The third-order valence-electron chi connectivity index (χ3n) is 5.95. The molecule has 11 heteroatoms. The van der Waals surface area contributed by atoms with Gasteiger partial charge in [-0.1, -0.05) is 6.07 Å². The lowest BCUT2D eigenvalue weighted by Crippen LogP contribution is -2.32. The van der Waals surface area contributed by atoms with Gasteiger partial charge in [0.1, 0.15) is 17.5 Å². The van der Waals surface area contributed by atoms with E-state index in [1.54, 1.807) is 20.2 Å². The summed E-state index contributed by atoms with van der Waals surface area (Å²) in [5.74, 6) is 0.143. The lowest BCUT2D eigenvalue weighted by Gasteiger charge is -2.28. The van der Waals surface area contributed by atoms with Gasteiger partial charge in [-0.2, -0.15) is 18.2 Å². The molecule has 2 aliphatic rings. The van der Waals surface area contributed by atoms with E-state index >= 15 is 0 Å². The summed E-state index contributed by atoms with van der Waals surface area (Å²) in [4.78, 5) is 28.3. The molecule has 2 N–H and O–H groups in total. The Labute approximate surface area is 203 Å². The molecule has 0 bridgehead atoms. The van der Waals surface area contributed by atoms with Crippen molar-refractivity contribution in [2.24, 2.45) is 4.99 Å². The van der Waals surface area contributed by atoms with E-state index in [2.05, 4.69) is 25.6 Å². The maximum Gasteiger partial charge on any atom is 0.416 e. The van der Waals surface area contributed by atoms with Gasteiger partial charge in [-0.3, -0.25) is 9.79 Å². The van der Waals surface area contributed by atoms with Gasteiger partial charge in [0, 0.05) is 36.6 Å². The minimum Gasteiger partial charge on any atom is -0.357 e. The second kappa shape index (κ2) is 8.74. The first-order valence-corrected chi connectivity index (χ1v) is 11.0. The van der Waals surface area contributed by atoms with Crippen LogP contribution in [0.4, 0.5) is 35.0 Å². The number of alkyl halides is 3. The van der Waals surface area contributed by atoms with Crippen molar-refractivity contribution in [2.45, 2.75) is 13.1 Å². The highest BCUT2D eigenvalue weighted by Crippen LogP contribution is 2.37. The first kappa shape index (κ1) is 23.5. The predicted octanol–water partition coefficient (Wildman–Crippen LogP) is 5.01. The molecule has 184 valence electrons. The number of anilines is 3. The number of amidine groups is 1. The van der Waals surface area contributed by atoms with Gasteiger partial charge in [-0.25, -0.2) is 9.37 Å². The Kier molecular flexibility index (Phi) is 5.70. The highest BCUT2D eigenvalue weighted by Gasteiger charge is 2.32. The van der Waals surface area contributed by atoms with Crippen LogP contribution in [0.3, 0.4) is 0 Å². The maximum atomic E-state index is 14.9. The van der Waals surface area contributed by atoms with Gasteiger partial charge in [0.25, 0.3) is 5.91 Å². The molecule has 0 saturated heterocycles. The van der Waals surface area contributed by atoms with Gasteiger partial charge < -0.3 is 15.5 Å². The quantitative estimate of drug-likeness (QED) is 0.497. The Morgan fingerprint density at radius 1 is 1.17 bits per heavy atom. The van der Waals surface area contributed by atoms with Crippen molar-refractivity contribution in [3.63, 3.8) is 0 Å². The second-order valence-electron chi connectivity index (χ2n) is 8.32. The molecular formula is C25H20F4N6O. The van der Waals surface area contributed by atoms with Crippen molar-refractivity contribution >= 4 is 40.8 Å². The van der Waals surface area contributed by atoms with E-state index in [0.717, 1.165) is 17.7 Å². The van der Waals surface area contributed by atoms with Crippen LogP contribution >= 0.6 is 0 Å². The molecule has 3 heterocycles. The first-order valence-electron chi connectivity index (χ1n) is 11.0. The van der Waals surface area contributed by atoms with E-state index in [9.17, 15) is 22.4 Å². The Balaban J connectivity index is 1.54. The minimum absolute atomic E-state index is 0.0917. The van der Waals surface area contributed by atoms with E-state index in [1.165, 1.54) is 24.3 Å². The summed E-state index contributed by atoms with van der Waals surface area (Å²) in [6, 6.07) is 6.81. The van der Waals surface area contributed by atoms with Crippen LogP contribution in [-0.2, 0) is 6.18 Å². The van der Waals surface area contributed by atoms with Crippen molar-refractivity contribution in [1.29, 1.82) is 0 Å². The van der Waals surface area contributed by atoms with Gasteiger partial charge in [0.15, 0.2) is 0 Å². The monoisotopic (exact) mass is 496 g/mol. The van der Waals surface area contributed by atoms with Crippen molar-refractivity contribution in [3.8, 4) is 0 Å². The van der Waals surface area contributed by atoms with Crippen molar-refractivity contribution in [3.05, 3.63) is 76.2 Å². The number of nitrogens with zero attached hydrogens (tertiary/aromatic N) is 4. The fourth-order valence-electron chi connectivity index (χ4n) is 4.23. The number of nitrogens with one attached hydrogen (secondary N) is 2. The van der Waals surface area contributed by atoms with Crippen molar-refractivity contribution in [1.82, 2.24) is 9.97 Å². The van der Waals surface area contributed by atoms with Crippen LogP contribution in [0.25, 0.3) is 11.6 Å². The zero-order valence-corrected chi connectivity index (χ0v) is 19.2. The fraction of sp³-hybridized carbons (Fsp3) is 0.200. The van der Waals surface area contributed by atoms with E-state index in [0.29, 0.717) is 47.4 Å². The molecule has 2 aromatic carbocycles. The first-order chi connectivity index (χ1) is 17.2. The average Bonchev–Trinajstić information content (AvgIpc) is 3.33. The van der Waals surface area contributed by atoms with Crippen LogP contribution < -0.4 is 15.5 Å². The molecule has 3 aromatic rings. The van der Waals surface area contributed by atoms with Gasteiger partial charge >= 0.3 is 6.18 Å². The van der Waals surface area contributed by atoms with E-state index in [-0.39, 0.29) is 11.3 Å². The molecule has 36 heavy (non-hydrogen) atoms. The molecule has 1 amide bonds. The van der Waals surface area contributed by atoms with Gasteiger partial charge in [0.2, 0.25) is 5.95 Å². The van der Waals surface area contributed by atoms with E-state index in [1.807, 2.05) is 11.0 Å². The number of carbonyl (C=O) groups is 1. The number of amides is 1. The van der Waals surface area contributed by atoms with Gasteiger partial charge in [0.05, 0.1) is 17.7 Å². The summed E-state index contributed by atoms with van der Waals surface area (Å²) >= 11 is 0. The molecule has 2 aliphatic heterocycles. The molecule has 7 nitrogen and oxygen atoms in total. The van der Waals surface area contributed by atoms with E-state index < -0.39 is 23.5 Å². The molecule has 0 spiro atoms. The second-order valence-corrected chi connectivity index (χ2v) is 8.32. The Hall–Kier alpha value is -4.28. The zero-order chi connectivity index (χ0) is 25.6. The molecule has 0 unspecified atom stereocenters. The normalized spacial score (nSPS) is 14.6. The van der Waals surface area contributed by atoms with Crippen molar-refractivity contribution < 1.29 is 22.4 Å². The minimum atomic E-state index is -4.57. The largest absolute Gasteiger partial charge is 0.416 e. The standard InChI is InChI=1S/C25H20F4N6O/c1-13-8-20(26)19(23(36)33-16-5-3-4-15(10-16)25(27,28)29)11-17(13)18-9-14-12-32-24(30-2)34-21(14)35-7-6-31-22(18)35/h3-5,8-12H,6-7H2,1-2H3,(H,33,36)(H,30,32,34). The molecule has 1 aromatic heterocycles. The van der Waals surface area contributed by atoms with Crippen LogP contribution in [0.1, 0.15) is 32.6 Å². The molecule has 0 saturated carbocycles. The smallest absolute Gasteiger partial charge is 0.357 e. The molecule has 0 aliphatic carbocycles. The van der Waals surface area contributed by atoms with Crippen LogP contribution in [0.2, 0.25) is 0 Å². The molecule has 0 fully saturated rings. The fourth-order valence-corrected chi connectivity index (χ4v) is 4.23. The highest BCUT2D eigenvalue weighted by molar-refractivity contribution is 6.36. The Morgan fingerprint density at radius 2 is 1.97 bits per heavy atom. The number of hydrogen-bond donors (Lipinski definition) is 2. The summed E-state index contributed by atoms with van der Waals surface area (Å²) in [5, 5.41) is 5.28. The number of benzene rings is 2. The third-order valence-corrected chi connectivity index (χ3v) is 5.95. The average molecular weight is 496 g/mol. The molecular weight excluding hydrogens is 476 g/mol. The number of rotatable bonds is 4. The number of aromatic nitrogens is 2. The van der Waals surface area contributed by atoms with Gasteiger partial charge in [-0.15, -0.1) is 0 Å². The number of carbonyl (C=O) groups excluding carboxylic acids is 1. The molecule has 5 rings (SSSR count). The van der Waals surface area contributed by atoms with Crippen LogP contribution in [-0.4, -0.2) is 41.8 Å². The number of aliphatic imine (C=N–C) groups is 1. The summed E-state index contributed by atoms with van der Waals surface area (Å²) in [6.45, 7) is 2.85. The maximum absolute atomic E-state index is 14.9. The Bertz CT molecular complexity index is 1450. The number of halogens is 4. The van der Waals surface area contributed by atoms with Gasteiger partial charge in [-0.05, 0) is 54.5 Å². The lowest BCUT2D eigenvalue weighted by molar-refractivity contribution is -0.137. The summed E-state index contributed by atoms with van der Waals surface area (Å²) < 4.78 is 54.0. The Morgan fingerprint density at radius 3 is 2.72 bits per heavy atom. The SMILES string of the molecule is CNc1ncc2c(n1)N1CCN=C1C(c1cc(C(=O)Nc3cccc(C(F)(F)F)c3)c(F)cc1C)=C2. The molecule has 0 atom stereocenters. The number of fused-ring (bicyclic) bond motifs is 3. The number of hydrogen-bond acceptors (Lipinski definition) is 6. The predicted molar refractivity (Wildman–Crippen MR) is 130 cm³/mol. The van der Waals surface area contributed by atoms with Crippen LogP contribution in [0.15, 0.2) is 47.6 Å². The van der Waals surface area contributed by atoms with Crippen LogP contribution in [0.5, 0.6) is 0 Å². The highest BCUT2D eigenvalue weighted by atomic mass is 19.4. The number of aryl methyl sites for hydroxylation is 1. The molecule has 0 radical (unpaired) electrons.